The summed E-state index contributed by atoms with van der Waals surface area (Å²) in [5.41, 5.74) is 1.32. The van der Waals surface area contributed by atoms with E-state index in [2.05, 4.69) is 17.0 Å². The average molecular weight is 170 g/mol. The van der Waals surface area contributed by atoms with Gasteiger partial charge in [-0.25, -0.2) is 0 Å². The number of nitrogens with zero attached hydrogens (tertiary/aromatic N) is 1. The van der Waals surface area contributed by atoms with Gasteiger partial charge in [-0.1, -0.05) is 12.1 Å². The van der Waals surface area contributed by atoms with Gasteiger partial charge in [-0.2, -0.15) is 0 Å². The molecule has 0 saturated carbocycles. The zero-order valence-electron chi connectivity index (χ0n) is 6.71. The molecule has 1 radical (unpaired) electrons. The fourth-order valence-electron chi connectivity index (χ4n) is 1.20. The van der Waals surface area contributed by atoms with E-state index in [1.54, 1.807) is 18.3 Å². The van der Waals surface area contributed by atoms with Crippen LogP contribution in [0.2, 0.25) is 0 Å². The first kappa shape index (κ1) is 7.75. The van der Waals surface area contributed by atoms with Crippen LogP contribution >= 0.6 is 0 Å². The molecule has 0 atom stereocenters. The maximum absolute atomic E-state index is 11.8. The molecule has 0 aliphatic rings. The van der Waals surface area contributed by atoms with Gasteiger partial charge in [0.1, 0.15) is 6.17 Å². The second-order valence-electron chi connectivity index (χ2n) is 2.53. The quantitative estimate of drug-likeness (QED) is 0.553. The SMILES string of the molecule is FC#Cc1cccc2c[c]cnc12. The molecule has 0 aliphatic heterocycles. The lowest BCUT2D eigenvalue weighted by molar-refractivity contribution is 0.774. The number of fused-ring (bicyclic) bond motifs is 1. The van der Waals surface area contributed by atoms with Gasteiger partial charge in [0, 0.05) is 17.6 Å². The summed E-state index contributed by atoms with van der Waals surface area (Å²) in [5.74, 6) is 2.36. The Kier molecular flexibility index (Phi) is 1.93. The third-order valence-electron chi connectivity index (χ3n) is 1.76. The number of hydrogen-bond donors (Lipinski definition) is 0. The second kappa shape index (κ2) is 3.24. The lowest BCUT2D eigenvalue weighted by Crippen LogP contribution is -1.82. The molecule has 0 amide bonds. The maximum atomic E-state index is 11.8. The Hall–Kier alpha value is -1.88. The number of hydrogen-bond acceptors (Lipinski definition) is 1. The predicted octanol–water partition coefficient (Wildman–Crippen LogP) is 2.31. The number of halogens is 1. The van der Waals surface area contributed by atoms with Crippen LogP contribution in [0, 0.1) is 18.2 Å². The lowest BCUT2D eigenvalue weighted by Gasteiger charge is -1.96. The molecule has 1 aromatic heterocycles. The predicted molar refractivity (Wildman–Crippen MR) is 48.6 cm³/mol. The number of rotatable bonds is 0. The van der Waals surface area contributed by atoms with Crippen LogP contribution in [0.25, 0.3) is 10.9 Å². The highest BCUT2D eigenvalue weighted by Gasteiger charge is 1.97. The van der Waals surface area contributed by atoms with Crippen LogP contribution in [0.1, 0.15) is 5.56 Å². The molecule has 1 aromatic carbocycles. The summed E-state index contributed by atoms with van der Waals surface area (Å²) in [5, 5.41) is 0.919. The van der Waals surface area contributed by atoms with Crippen molar-refractivity contribution in [3.05, 3.63) is 42.1 Å². The first-order valence-electron chi connectivity index (χ1n) is 3.78. The van der Waals surface area contributed by atoms with Crippen molar-refractivity contribution in [1.82, 2.24) is 4.98 Å². The van der Waals surface area contributed by atoms with Crippen LogP contribution < -0.4 is 0 Å². The van der Waals surface area contributed by atoms with Gasteiger partial charge in [0.2, 0.25) is 0 Å². The molecule has 0 saturated heterocycles. The van der Waals surface area contributed by atoms with Crippen molar-refractivity contribution in [2.75, 3.05) is 0 Å². The molecule has 2 heteroatoms. The monoisotopic (exact) mass is 170 g/mol. The zero-order valence-corrected chi connectivity index (χ0v) is 6.71. The van der Waals surface area contributed by atoms with E-state index >= 15 is 0 Å². The minimum absolute atomic E-state index is 0.606. The first-order valence-corrected chi connectivity index (χ1v) is 3.78. The third kappa shape index (κ3) is 1.36. The molecule has 1 heterocycles. The Balaban J connectivity index is 2.80. The van der Waals surface area contributed by atoms with Gasteiger partial charge >= 0.3 is 0 Å². The fraction of sp³-hybridized carbons (Fsp3) is 0. The van der Waals surface area contributed by atoms with Crippen LogP contribution in [0.15, 0.2) is 30.5 Å². The highest BCUT2D eigenvalue weighted by atomic mass is 19.1. The van der Waals surface area contributed by atoms with E-state index in [1.807, 2.05) is 12.1 Å². The molecule has 0 unspecified atom stereocenters. The van der Waals surface area contributed by atoms with Crippen LogP contribution in [-0.2, 0) is 0 Å². The van der Waals surface area contributed by atoms with Crippen molar-refractivity contribution in [2.24, 2.45) is 0 Å². The third-order valence-corrected chi connectivity index (χ3v) is 1.76. The summed E-state index contributed by atoms with van der Waals surface area (Å²) in [4.78, 5) is 4.08. The van der Waals surface area contributed by atoms with Crippen molar-refractivity contribution in [2.45, 2.75) is 0 Å². The topological polar surface area (TPSA) is 12.9 Å². The average Bonchev–Trinajstić information content (AvgIpc) is 2.19. The molecule has 61 valence electrons. The van der Waals surface area contributed by atoms with Crippen molar-refractivity contribution in [1.29, 1.82) is 0 Å². The molecule has 13 heavy (non-hydrogen) atoms. The minimum Gasteiger partial charge on any atom is -0.254 e. The van der Waals surface area contributed by atoms with E-state index in [-0.39, 0.29) is 0 Å². The Morgan fingerprint density at radius 3 is 3.15 bits per heavy atom. The highest BCUT2D eigenvalue weighted by Crippen LogP contribution is 2.14. The van der Waals surface area contributed by atoms with Crippen LogP contribution in [0.3, 0.4) is 0 Å². The summed E-state index contributed by atoms with van der Waals surface area (Å²) < 4.78 is 11.8. The summed E-state index contributed by atoms with van der Waals surface area (Å²) in [6.07, 6.45) is 2.92. The van der Waals surface area contributed by atoms with Crippen molar-refractivity contribution < 1.29 is 4.39 Å². The van der Waals surface area contributed by atoms with E-state index in [1.165, 1.54) is 6.17 Å². The van der Waals surface area contributed by atoms with E-state index < -0.39 is 0 Å². The molecular formula is C11H5FN. The smallest absolute Gasteiger partial charge is 0.111 e. The Bertz CT molecular complexity index is 489. The van der Waals surface area contributed by atoms with E-state index in [0.29, 0.717) is 11.1 Å². The molecule has 0 fully saturated rings. The largest absolute Gasteiger partial charge is 0.254 e. The zero-order chi connectivity index (χ0) is 9.10. The van der Waals surface area contributed by atoms with Crippen LogP contribution in [-0.4, -0.2) is 4.98 Å². The Morgan fingerprint density at radius 2 is 2.31 bits per heavy atom. The molecular weight excluding hydrogens is 165 g/mol. The van der Waals surface area contributed by atoms with E-state index in [9.17, 15) is 4.39 Å². The van der Waals surface area contributed by atoms with Crippen molar-refractivity contribution in [3.8, 4) is 12.1 Å². The summed E-state index contributed by atoms with van der Waals surface area (Å²) in [6, 6.07) is 10.1. The van der Waals surface area contributed by atoms with Gasteiger partial charge in [0.05, 0.1) is 11.1 Å². The number of para-hydroxylation sites is 1. The normalized spacial score (nSPS) is 9.31. The molecule has 0 N–H and O–H groups in total. The first-order chi connectivity index (χ1) is 6.42. The molecule has 0 bridgehead atoms. The standard InChI is InChI=1S/C11H5FN/c12-7-6-10-4-1-3-9-5-2-8-13-11(9)10/h1,3-5,8H. The van der Waals surface area contributed by atoms with Crippen molar-refractivity contribution in [3.63, 3.8) is 0 Å². The summed E-state index contributed by atoms with van der Waals surface area (Å²) in [6.45, 7) is 0. The molecule has 2 rings (SSSR count). The minimum atomic E-state index is 0.606. The number of benzene rings is 1. The van der Waals surface area contributed by atoms with E-state index in [4.69, 9.17) is 0 Å². The number of pyridine rings is 1. The molecule has 2 aromatic rings. The Labute approximate surface area is 75.2 Å². The lowest BCUT2D eigenvalue weighted by atomic mass is 10.1. The van der Waals surface area contributed by atoms with Gasteiger partial charge in [0.15, 0.2) is 0 Å². The maximum Gasteiger partial charge on any atom is 0.111 e. The van der Waals surface area contributed by atoms with Crippen molar-refractivity contribution >= 4 is 10.9 Å². The summed E-state index contributed by atoms with van der Waals surface area (Å²) in [7, 11) is 0. The van der Waals surface area contributed by atoms with Gasteiger partial charge < -0.3 is 0 Å². The Morgan fingerprint density at radius 1 is 1.38 bits per heavy atom. The van der Waals surface area contributed by atoms with E-state index in [0.717, 1.165) is 5.39 Å². The van der Waals surface area contributed by atoms with Crippen LogP contribution in [0.5, 0.6) is 0 Å². The second-order valence-corrected chi connectivity index (χ2v) is 2.53. The molecule has 1 nitrogen and oxygen atoms in total. The summed E-state index contributed by atoms with van der Waals surface area (Å²) >= 11 is 0. The van der Waals surface area contributed by atoms with Gasteiger partial charge in [-0.15, -0.1) is 4.39 Å². The fourth-order valence-corrected chi connectivity index (χ4v) is 1.20. The highest BCUT2D eigenvalue weighted by molar-refractivity contribution is 5.83. The molecule has 0 aliphatic carbocycles. The van der Waals surface area contributed by atoms with Gasteiger partial charge in [-0.05, 0) is 18.1 Å². The number of aromatic nitrogens is 1. The van der Waals surface area contributed by atoms with Gasteiger partial charge in [-0.3, -0.25) is 4.98 Å². The van der Waals surface area contributed by atoms with Crippen LogP contribution in [0.4, 0.5) is 4.39 Å². The molecule has 0 spiro atoms. The van der Waals surface area contributed by atoms with Gasteiger partial charge in [0.25, 0.3) is 0 Å².